The topological polar surface area (TPSA) is 118 Å². The fourth-order valence-corrected chi connectivity index (χ4v) is 3.26. The summed E-state index contributed by atoms with van der Waals surface area (Å²) >= 11 is 0. The number of carbonyl (C=O) groups excluding carboxylic acids is 1. The van der Waals surface area contributed by atoms with Gasteiger partial charge in [0.1, 0.15) is 17.2 Å². The van der Waals surface area contributed by atoms with Gasteiger partial charge in [0.05, 0.1) is 16.4 Å². The lowest BCUT2D eigenvalue weighted by atomic mass is 10.1. The third-order valence-electron chi connectivity index (χ3n) is 4.83. The number of nitriles is 1. The number of ether oxygens (including phenoxy) is 1. The van der Waals surface area contributed by atoms with Gasteiger partial charge in [-0.25, -0.2) is 9.78 Å². The molecule has 2 aromatic carbocycles. The molecule has 0 bridgehead atoms. The van der Waals surface area contributed by atoms with E-state index in [9.17, 15) is 20.0 Å². The molecule has 0 aliphatic heterocycles. The Morgan fingerprint density at radius 3 is 2.77 bits per heavy atom. The van der Waals surface area contributed by atoms with Crippen LogP contribution in [-0.4, -0.2) is 27.2 Å². The summed E-state index contributed by atoms with van der Waals surface area (Å²) < 4.78 is 12.2. The summed E-state index contributed by atoms with van der Waals surface area (Å²) in [5.41, 5.74) is 2.07. The van der Waals surface area contributed by atoms with Crippen LogP contribution in [0.15, 0.2) is 63.5 Å². The molecule has 0 saturated heterocycles. The van der Waals surface area contributed by atoms with Crippen molar-refractivity contribution in [3.63, 3.8) is 0 Å². The standard InChI is InChI=1S/C23H17N3O5/c1-13-7-8-20-14(9-13)18(27)10-21(31-20)23(29)30-12-19(28)15(11-24)22-25-16-5-3-4-6-17(16)26(22)2/h3-10,28H,12H2,1-2H3/b19-15-. The normalized spacial score (nSPS) is 11.9. The number of esters is 1. The molecule has 0 amide bonds. The number of fused-ring (bicyclic) bond motifs is 2. The van der Waals surface area contributed by atoms with Crippen molar-refractivity contribution in [3.8, 4) is 6.07 Å². The van der Waals surface area contributed by atoms with Crippen LogP contribution < -0.4 is 5.43 Å². The van der Waals surface area contributed by atoms with Crippen molar-refractivity contribution < 1.29 is 19.1 Å². The zero-order valence-electron chi connectivity index (χ0n) is 16.7. The van der Waals surface area contributed by atoms with Gasteiger partial charge in [0.15, 0.2) is 23.6 Å². The number of benzene rings is 2. The maximum Gasteiger partial charge on any atom is 0.374 e. The number of imidazole rings is 1. The Bertz CT molecular complexity index is 1470. The van der Waals surface area contributed by atoms with Crippen molar-refractivity contribution in [3.05, 3.63) is 81.7 Å². The van der Waals surface area contributed by atoms with Gasteiger partial charge in [-0.15, -0.1) is 0 Å². The molecule has 0 unspecified atom stereocenters. The second-order valence-electron chi connectivity index (χ2n) is 6.97. The van der Waals surface area contributed by atoms with Gasteiger partial charge >= 0.3 is 5.97 Å². The van der Waals surface area contributed by atoms with Crippen LogP contribution in [0.1, 0.15) is 21.9 Å². The third kappa shape index (κ3) is 3.65. The number of nitrogens with zero attached hydrogens (tertiary/aromatic N) is 3. The van der Waals surface area contributed by atoms with Gasteiger partial charge in [-0.3, -0.25) is 4.79 Å². The number of allylic oxidation sites excluding steroid dienone is 1. The smallest absolute Gasteiger partial charge is 0.374 e. The molecule has 0 spiro atoms. The average Bonchev–Trinajstić information content (AvgIpc) is 3.09. The van der Waals surface area contributed by atoms with E-state index in [0.717, 1.165) is 17.1 Å². The molecule has 0 saturated carbocycles. The number of hydrogen-bond donors (Lipinski definition) is 1. The zero-order chi connectivity index (χ0) is 22.1. The highest BCUT2D eigenvalue weighted by atomic mass is 16.6. The van der Waals surface area contributed by atoms with Crippen LogP contribution in [0.25, 0.3) is 27.6 Å². The quantitative estimate of drug-likeness (QED) is 0.307. The molecule has 8 nitrogen and oxygen atoms in total. The first kappa shape index (κ1) is 19.9. The largest absolute Gasteiger partial charge is 0.507 e. The Morgan fingerprint density at radius 1 is 1.26 bits per heavy atom. The first-order valence-corrected chi connectivity index (χ1v) is 9.34. The van der Waals surface area contributed by atoms with Crippen LogP contribution in [0.3, 0.4) is 0 Å². The van der Waals surface area contributed by atoms with Crippen molar-refractivity contribution in [2.45, 2.75) is 6.92 Å². The number of para-hydroxylation sites is 2. The van der Waals surface area contributed by atoms with Crippen LogP contribution in [-0.2, 0) is 11.8 Å². The molecule has 4 rings (SSSR count). The number of aromatic nitrogens is 2. The van der Waals surface area contributed by atoms with Crippen LogP contribution in [0.2, 0.25) is 0 Å². The molecule has 0 fully saturated rings. The predicted octanol–water partition coefficient (Wildman–Crippen LogP) is 3.64. The molecule has 1 N–H and O–H groups in total. The van der Waals surface area contributed by atoms with Crippen molar-refractivity contribution in [2.24, 2.45) is 7.05 Å². The van der Waals surface area contributed by atoms with Crippen molar-refractivity contribution >= 4 is 33.5 Å². The summed E-state index contributed by atoms with van der Waals surface area (Å²) in [5, 5.41) is 20.3. The van der Waals surface area contributed by atoms with Crippen LogP contribution >= 0.6 is 0 Å². The van der Waals surface area contributed by atoms with Gasteiger partial charge in [0, 0.05) is 13.1 Å². The molecule has 154 valence electrons. The predicted molar refractivity (Wildman–Crippen MR) is 113 cm³/mol. The van der Waals surface area contributed by atoms with Gasteiger partial charge in [-0.1, -0.05) is 23.8 Å². The minimum atomic E-state index is -0.937. The lowest BCUT2D eigenvalue weighted by Gasteiger charge is -2.07. The number of aryl methyl sites for hydroxylation is 2. The van der Waals surface area contributed by atoms with Gasteiger partial charge in [-0.2, -0.15) is 5.26 Å². The molecule has 4 aromatic rings. The number of aliphatic hydroxyl groups excluding tert-OH is 1. The molecule has 0 radical (unpaired) electrons. The molecule has 0 aliphatic carbocycles. The SMILES string of the molecule is Cc1ccc2oc(C(=O)OC/C(O)=C(\C#N)c3nc4ccccc4n3C)cc(=O)c2c1. The second kappa shape index (κ2) is 7.80. The van der Waals surface area contributed by atoms with Crippen molar-refractivity contribution in [1.29, 1.82) is 5.26 Å². The Hall–Kier alpha value is -4.38. The molecule has 31 heavy (non-hydrogen) atoms. The molecular formula is C23H17N3O5. The minimum absolute atomic E-state index is 0.123. The fraction of sp³-hybridized carbons (Fsp3) is 0.130. The first-order valence-electron chi connectivity index (χ1n) is 9.34. The van der Waals surface area contributed by atoms with Gasteiger partial charge in [0.25, 0.3) is 0 Å². The summed E-state index contributed by atoms with van der Waals surface area (Å²) in [7, 11) is 1.72. The van der Waals surface area contributed by atoms with E-state index >= 15 is 0 Å². The second-order valence-corrected chi connectivity index (χ2v) is 6.97. The maximum atomic E-state index is 12.4. The van der Waals surface area contributed by atoms with Crippen LogP contribution in [0, 0.1) is 18.3 Å². The van der Waals surface area contributed by atoms with E-state index < -0.39 is 18.3 Å². The number of aliphatic hydroxyl groups is 1. The highest BCUT2D eigenvalue weighted by molar-refractivity contribution is 5.89. The van der Waals surface area contributed by atoms with E-state index in [2.05, 4.69) is 4.98 Å². The van der Waals surface area contributed by atoms with E-state index in [-0.39, 0.29) is 28.2 Å². The van der Waals surface area contributed by atoms with Crippen LogP contribution in [0.4, 0.5) is 0 Å². The summed E-state index contributed by atoms with van der Waals surface area (Å²) in [6.07, 6.45) is 0. The van der Waals surface area contributed by atoms with E-state index in [4.69, 9.17) is 9.15 Å². The molecule has 2 aromatic heterocycles. The number of rotatable bonds is 4. The monoisotopic (exact) mass is 415 g/mol. The van der Waals surface area contributed by atoms with Crippen molar-refractivity contribution in [2.75, 3.05) is 6.61 Å². The lowest BCUT2D eigenvalue weighted by molar-refractivity contribution is 0.0467. The fourth-order valence-electron chi connectivity index (χ4n) is 3.26. The Morgan fingerprint density at radius 2 is 2.03 bits per heavy atom. The molecule has 0 atom stereocenters. The van der Waals surface area contributed by atoms with E-state index in [0.29, 0.717) is 10.9 Å². The lowest BCUT2D eigenvalue weighted by Crippen LogP contribution is -2.13. The van der Waals surface area contributed by atoms with E-state index in [1.807, 2.05) is 31.2 Å². The third-order valence-corrected chi connectivity index (χ3v) is 4.83. The van der Waals surface area contributed by atoms with Gasteiger partial charge in [0.2, 0.25) is 5.76 Å². The summed E-state index contributed by atoms with van der Waals surface area (Å²) in [6, 6.07) is 15.2. The number of hydrogen-bond acceptors (Lipinski definition) is 7. The van der Waals surface area contributed by atoms with Gasteiger partial charge in [-0.05, 0) is 31.2 Å². The average molecular weight is 415 g/mol. The molecule has 2 heterocycles. The maximum absolute atomic E-state index is 12.4. The highest BCUT2D eigenvalue weighted by Gasteiger charge is 2.19. The minimum Gasteiger partial charge on any atom is -0.507 e. The Labute approximate surface area is 176 Å². The van der Waals surface area contributed by atoms with Gasteiger partial charge < -0.3 is 18.8 Å². The molecule has 0 aliphatic rings. The van der Waals surface area contributed by atoms with Crippen molar-refractivity contribution in [1.82, 2.24) is 9.55 Å². The first-order chi connectivity index (χ1) is 14.9. The van der Waals surface area contributed by atoms with E-state index in [1.165, 1.54) is 0 Å². The van der Waals surface area contributed by atoms with Crippen LogP contribution in [0.5, 0.6) is 0 Å². The summed E-state index contributed by atoms with van der Waals surface area (Å²) in [6.45, 7) is 1.26. The molecular weight excluding hydrogens is 398 g/mol. The Balaban J connectivity index is 1.60. The number of carbonyl (C=O) groups is 1. The highest BCUT2D eigenvalue weighted by Crippen LogP contribution is 2.22. The van der Waals surface area contributed by atoms with E-state index in [1.54, 1.807) is 35.9 Å². The summed E-state index contributed by atoms with van der Waals surface area (Å²) in [4.78, 5) is 29.0. The summed E-state index contributed by atoms with van der Waals surface area (Å²) in [5.74, 6) is -1.46. The molecule has 8 heteroatoms. The Kier molecular flexibility index (Phi) is 5.01. The zero-order valence-corrected chi connectivity index (χ0v) is 16.7.